The molecule has 0 N–H and O–H groups in total. The zero-order valence-corrected chi connectivity index (χ0v) is 22.6. The van der Waals surface area contributed by atoms with Crippen molar-refractivity contribution < 1.29 is 37.9 Å². The third-order valence-corrected chi connectivity index (χ3v) is 9.19. The Balaban J connectivity index is 0.000000815. The first kappa shape index (κ1) is 27.6. The molecule has 184 valence electrons. The van der Waals surface area contributed by atoms with Crippen molar-refractivity contribution >= 4 is 5.97 Å². The number of rotatable bonds is 5. The number of benzene rings is 2. The van der Waals surface area contributed by atoms with Gasteiger partial charge >= 0.3 is 196 Å². The summed E-state index contributed by atoms with van der Waals surface area (Å²) < 4.78 is 6.70. The van der Waals surface area contributed by atoms with Gasteiger partial charge in [-0.25, -0.2) is 0 Å². The number of carbonyl (C=O) groups excluding carboxylic acids is 1. The topological polar surface area (TPSA) is 72.4 Å². The Kier molecular flexibility index (Phi) is 11.0. The molecule has 3 aliphatic carbocycles. The van der Waals surface area contributed by atoms with Crippen LogP contribution in [-0.4, -0.2) is 20.2 Å². The summed E-state index contributed by atoms with van der Waals surface area (Å²) in [7, 11) is 1.50. The largest absolute Gasteiger partial charge is 0.857 e. The number of hydrogen-bond donors (Lipinski definition) is 0. The predicted molar refractivity (Wildman–Crippen MR) is 132 cm³/mol. The zero-order chi connectivity index (χ0) is 25.2. The molecule has 0 radical (unpaired) electrons. The smallest absolute Gasteiger partial charge is 0.153 e. The number of allylic oxidation sites excluding steroid dienone is 4. The molecule has 2 atom stereocenters. The summed E-state index contributed by atoms with van der Waals surface area (Å²) in [5.74, 6) is 0.168. The molecule has 4 nitrogen and oxygen atoms in total. The molecule has 2 unspecified atom stereocenters. The molecule has 0 aromatic heterocycles. The second kappa shape index (κ2) is 13.9. The van der Waals surface area contributed by atoms with Gasteiger partial charge in [-0.3, -0.25) is 0 Å². The van der Waals surface area contributed by atoms with Crippen LogP contribution in [0.5, 0.6) is 0 Å². The van der Waals surface area contributed by atoms with Crippen molar-refractivity contribution in [3.63, 3.8) is 0 Å². The second-order valence-corrected chi connectivity index (χ2v) is 10.9. The van der Waals surface area contributed by atoms with Crippen LogP contribution in [0.25, 0.3) is 0 Å². The van der Waals surface area contributed by atoms with E-state index in [2.05, 4.69) is 6.92 Å². The fourth-order valence-electron chi connectivity index (χ4n) is 5.89. The van der Waals surface area contributed by atoms with Crippen LogP contribution in [0.15, 0.2) is 83.0 Å². The molecule has 0 spiro atoms. The fraction of sp³-hybridized carbons (Fsp3) is 0.433. The van der Waals surface area contributed by atoms with Crippen molar-refractivity contribution in [2.24, 2.45) is 5.92 Å². The van der Waals surface area contributed by atoms with Gasteiger partial charge in [0.25, 0.3) is 0 Å². The predicted octanol–water partition coefficient (Wildman–Crippen LogP) is 5.10. The maximum absolute atomic E-state index is 13.4. The first-order valence-corrected chi connectivity index (χ1v) is 14.1. The minimum Gasteiger partial charge on any atom is -0.857 e. The maximum Gasteiger partial charge on any atom is -0.153 e. The number of fused-ring (bicyclic) bond motifs is 1. The molecule has 0 saturated heterocycles. The van der Waals surface area contributed by atoms with Gasteiger partial charge in [-0.15, -0.1) is 0 Å². The maximum atomic E-state index is 13.4. The van der Waals surface area contributed by atoms with Crippen LogP contribution in [0.4, 0.5) is 0 Å². The van der Waals surface area contributed by atoms with Crippen molar-refractivity contribution in [2.45, 2.75) is 62.0 Å². The fourth-order valence-corrected chi connectivity index (χ4v) is 7.84. The van der Waals surface area contributed by atoms with E-state index in [-0.39, 0.29) is 11.9 Å². The Labute approximate surface area is 219 Å². The first-order chi connectivity index (χ1) is 17.2. The van der Waals surface area contributed by atoms with Crippen molar-refractivity contribution in [3.05, 3.63) is 94.1 Å². The summed E-state index contributed by atoms with van der Waals surface area (Å²) in [5.41, 5.74) is 8.76. The third-order valence-electron chi connectivity index (χ3n) is 7.31. The van der Waals surface area contributed by atoms with Gasteiger partial charge in [-0.1, -0.05) is 0 Å². The monoisotopic (exact) mass is 508 g/mol. The van der Waals surface area contributed by atoms with E-state index in [1.807, 2.05) is 60.7 Å². The van der Waals surface area contributed by atoms with E-state index < -0.39 is 19.5 Å². The van der Waals surface area contributed by atoms with Crippen molar-refractivity contribution in [2.75, 3.05) is 14.2 Å². The second-order valence-electron chi connectivity index (χ2n) is 9.10. The molecule has 0 fully saturated rings. The Bertz CT molecular complexity index is 974. The molecule has 5 rings (SSSR count). The van der Waals surface area contributed by atoms with Gasteiger partial charge in [0.15, 0.2) is 0 Å². The van der Waals surface area contributed by atoms with Crippen molar-refractivity contribution in [3.8, 4) is 0 Å². The Hall–Kier alpha value is -1.98. The molecule has 0 saturated carbocycles. The summed E-state index contributed by atoms with van der Waals surface area (Å²) in [4.78, 5) is 13.4. The normalized spacial score (nSPS) is 20.5. The van der Waals surface area contributed by atoms with Gasteiger partial charge in [-0.2, -0.15) is 14.2 Å². The first-order valence-electron chi connectivity index (χ1n) is 12.6. The minimum absolute atomic E-state index is 0.0755. The third kappa shape index (κ3) is 6.24. The van der Waals surface area contributed by atoms with Crippen molar-refractivity contribution in [1.29, 1.82) is 0 Å². The quantitative estimate of drug-likeness (QED) is 0.527. The van der Waals surface area contributed by atoms with Crippen LogP contribution in [0.3, 0.4) is 0 Å². The molecule has 0 amide bonds. The molecule has 0 heterocycles. The molecule has 35 heavy (non-hydrogen) atoms. The van der Waals surface area contributed by atoms with Gasteiger partial charge in [-0.05, 0) is 0 Å². The Morgan fingerprint density at radius 2 is 1.37 bits per heavy atom. The van der Waals surface area contributed by atoms with Gasteiger partial charge in [0.05, 0.1) is 0 Å². The van der Waals surface area contributed by atoms with Crippen LogP contribution in [-0.2, 0) is 27.7 Å². The average molecular weight is 508 g/mol. The van der Waals surface area contributed by atoms with E-state index in [1.54, 1.807) is 22.3 Å². The molecule has 0 aliphatic heterocycles. The van der Waals surface area contributed by atoms with Crippen LogP contribution in [0.1, 0.15) is 68.9 Å². The van der Waals surface area contributed by atoms with Gasteiger partial charge in [0.2, 0.25) is 0 Å². The van der Waals surface area contributed by atoms with Gasteiger partial charge in [0, 0.05) is 0 Å². The summed E-state index contributed by atoms with van der Waals surface area (Å²) >= 11 is -0.840. The summed E-state index contributed by atoms with van der Waals surface area (Å²) in [6.45, 7) is 2.41. The molecule has 3 aliphatic rings. The van der Waals surface area contributed by atoms with E-state index in [4.69, 9.17) is 13.5 Å². The average Bonchev–Trinajstić information content (AvgIpc) is 3.24. The van der Waals surface area contributed by atoms with Crippen LogP contribution < -0.4 is 10.2 Å². The molecular weight excluding hydrogens is 472 g/mol. The van der Waals surface area contributed by atoms with Crippen LogP contribution >= 0.6 is 0 Å². The Morgan fingerprint density at radius 3 is 1.97 bits per heavy atom. The van der Waals surface area contributed by atoms with Gasteiger partial charge < -0.3 is 10.2 Å². The van der Waals surface area contributed by atoms with E-state index in [0.29, 0.717) is 10.1 Å². The SMILES string of the molecule is CC1C2=C(CCCC2)C2=C1[CH]([Ti+2][O]C(=O)C(c1ccccc1)c1ccccc1)CCC2.C[O-].C[O-]. The van der Waals surface area contributed by atoms with Gasteiger partial charge in [0.1, 0.15) is 0 Å². The molecule has 2 aromatic carbocycles. The van der Waals surface area contributed by atoms with Crippen LogP contribution in [0.2, 0.25) is 4.22 Å². The number of carbonyl (C=O) groups is 1. The molecule has 5 heteroatoms. The standard InChI is InChI=1S/C14H12O2.C14H19.2CH3O.Ti/c15-14(16)13(11-7-3-1-4-8-11)12-9-5-2-6-10-12;1-10-11-6-2-4-8-13(11)14-9-5-3-7-12(10)14;2*1-2;/h1-10,13H,(H,15,16);6,10H,2-5,7-9H2,1H3;2*1H3;/q;;2*-1;+3/p-1. The molecular formula is C30H36O4Ti. The Morgan fingerprint density at radius 1 is 0.829 bits per heavy atom. The minimum atomic E-state index is -0.840. The van der Waals surface area contributed by atoms with E-state index >= 15 is 0 Å². The number of hydrogen-bond acceptors (Lipinski definition) is 4. The molecule has 0 bridgehead atoms. The zero-order valence-electron chi connectivity index (χ0n) is 21.1. The van der Waals surface area contributed by atoms with Crippen LogP contribution in [0, 0.1) is 5.92 Å². The summed E-state index contributed by atoms with van der Waals surface area (Å²) in [6.07, 6.45) is 8.91. The summed E-state index contributed by atoms with van der Waals surface area (Å²) in [5, 5.41) is 16.5. The van der Waals surface area contributed by atoms with E-state index in [9.17, 15) is 4.79 Å². The van der Waals surface area contributed by atoms with E-state index in [1.165, 1.54) is 44.9 Å². The van der Waals surface area contributed by atoms with E-state index in [0.717, 1.165) is 25.3 Å². The summed E-state index contributed by atoms with van der Waals surface area (Å²) in [6, 6.07) is 20.2. The molecule has 2 aromatic rings. The van der Waals surface area contributed by atoms with Crippen molar-refractivity contribution in [1.82, 2.24) is 0 Å².